The van der Waals surface area contributed by atoms with Gasteiger partial charge in [0, 0.05) is 26.7 Å². The maximum Gasteiger partial charge on any atom is 0.265 e. The van der Waals surface area contributed by atoms with Crippen molar-refractivity contribution < 1.29 is 9.90 Å². The number of hydrogen-bond donors (Lipinski definition) is 3. The van der Waals surface area contributed by atoms with Crippen molar-refractivity contribution in [3.63, 3.8) is 0 Å². The SMILES string of the molecule is CCCN(C)c1nc(N)c(C(=O)NCCCC(C)CO)s1. The second-order valence-electron chi connectivity index (χ2n) is 5.32. The van der Waals surface area contributed by atoms with E-state index in [1.807, 2.05) is 18.9 Å². The van der Waals surface area contributed by atoms with Gasteiger partial charge in [0.25, 0.3) is 5.91 Å². The minimum Gasteiger partial charge on any atom is -0.396 e. The topological polar surface area (TPSA) is 91.5 Å². The summed E-state index contributed by atoms with van der Waals surface area (Å²) in [4.78, 5) is 18.8. The number of carbonyl (C=O) groups excluding carboxylic acids is 1. The van der Waals surface area contributed by atoms with E-state index in [1.165, 1.54) is 11.3 Å². The number of thiazole rings is 1. The standard InChI is InChI=1S/C14H26N4O2S/c1-4-8-18(3)14-17-12(15)11(21-14)13(20)16-7-5-6-10(2)9-19/h10,19H,4-9,15H2,1-3H3,(H,16,20). The van der Waals surface area contributed by atoms with Crippen LogP contribution in [0.3, 0.4) is 0 Å². The molecule has 6 nitrogen and oxygen atoms in total. The maximum absolute atomic E-state index is 12.1. The molecule has 1 rings (SSSR count). The van der Waals surface area contributed by atoms with E-state index in [1.54, 1.807) is 0 Å². The van der Waals surface area contributed by atoms with Gasteiger partial charge in [-0.05, 0) is 25.2 Å². The molecule has 0 saturated carbocycles. The van der Waals surface area contributed by atoms with E-state index in [-0.39, 0.29) is 18.4 Å². The molecule has 0 fully saturated rings. The highest BCUT2D eigenvalue weighted by atomic mass is 32.1. The van der Waals surface area contributed by atoms with Gasteiger partial charge in [0.1, 0.15) is 10.7 Å². The number of aliphatic hydroxyl groups is 1. The Morgan fingerprint density at radius 2 is 2.29 bits per heavy atom. The summed E-state index contributed by atoms with van der Waals surface area (Å²) >= 11 is 1.32. The van der Waals surface area contributed by atoms with Crippen molar-refractivity contribution in [1.29, 1.82) is 0 Å². The average Bonchev–Trinajstić information content (AvgIpc) is 2.85. The second-order valence-corrected chi connectivity index (χ2v) is 6.30. The summed E-state index contributed by atoms with van der Waals surface area (Å²) in [6.07, 6.45) is 2.74. The Morgan fingerprint density at radius 3 is 2.90 bits per heavy atom. The number of carbonyl (C=O) groups is 1. The van der Waals surface area contributed by atoms with Crippen molar-refractivity contribution in [3.8, 4) is 0 Å². The maximum atomic E-state index is 12.1. The van der Waals surface area contributed by atoms with Crippen molar-refractivity contribution in [3.05, 3.63) is 4.88 Å². The van der Waals surface area contributed by atoms with Gasteiger partial charge in [0.2, 0.25) is 0 Å². The first-order valence-corrected chi connectivity index (χ1v) is 8.17. The van der Waals surface area contributed by atoms with Crippen LogP contribution in [0, 0.1) is 5.92 Å². The molecule has 0 aliphatic carbocycles. The van der Waals surface area contributed by atoms with E-state index in [0.29, 0.717) is 17.2 Å². The van der Waals surface area contributed by atoms with Gasteiger partial charge in [-0.1, -0.05) is 25.2 Å². The first-order chi connectivity index (χ1) is 9.99. The molecule has 0 bridgehead atoms. The quantitative estimate of drug-likeness (QED) is 0.604. The molecule has 0 spiro atoms. The first-order valence-electron chi connectivity index (χ1n) is 7.36. The van der Waals surface area contributed by atoms with Crippen LogP contribution in [0.5, 0.6) is 0 Å². The lowest BCUT2D eigenvalue weighted by molar-refractivity contribution is 0.0957. The second kappa shape index (κ2) is 8.84. The molecule has 1 unspecified atom stereocenters. The van der Waals surface area contributed by atoms with E-state index in [2.05, 4.69) is 17.2 Å². The van der Waals surface area contributed by atoms with Gasteiger partial charge in [-0.15, -0.1) is 0 Å². The van der Waals surface area contributed by atoms with Crippen LogP contribution in [0.4, 0.5) is 10.9 Å². The number of amides is 1. The number of nitrogens with one attached hydrogen (secondary N) is 1. The summed E-state index contributed by atoms with van der Waals surface area (Å²) in [5.41, 5.74) is 5.83. The van der Waals surface area contributed by atoms with Crippen LogP contribution >= 0.6 is 11.3 Å². The highest BCUT2D eigenvalue weighted by Gasteiger charge is 2.17. The Kier molecular flexibility index (Phi) is 7.45. The fourth-order valence-corrected chi connectivity index (χ4v) is 2.79. The summed E-state index contributed by atoms with van der Waals surface area (Å²) in [6.45, 7) is 5.73. The van der Waals surface area contributed by atoms with E-state index in [9.17, 15) is 4.79 Å². The lowest BCUT2D eigenvalue weighted by Gasteiger charge is -2.13. The fourth-order valence-electron chi connectivity index (χ4n) is 1.90. The van der Waals surface area contributed by atoms with E-state index >= 15 is 0 Å². The van der Waals surface area contributed by atoms with Gasteiger partial charge >= 0.3 is 0 Å². The Balaban J connectivity index is 2.50. The molecule has 21 heavy (non-hydrogen) atoms. The van der Waals surface area contributed by atoms with Crippen LogP contribution in [-0.4, -0.2) is 42.7 Å². The van der Waals surface area contributed by atoms with Gasteiger partial charge < -0.3 is 21.1 Å². The van der Waals surface area contributed by atoms with Crippen molar-refractivity contribution in [1.82, 2.24) is 10.3 Å². The third-order valence-electron chi connectivity index (χ3n) is 3.20. The molecule has 120 valence electrons. The van der Waals surface area contributed by atoms with Crippen molar-refractivity contribution >= 4 is 28.2 Å². The Hall–Kier alpha value is -1.34. The summed E-state index contributed by atoms with van der Waals surface area (Å²) in [5.74, 6) is 0.390. The lowest BCUT2D eigenvalue weighted by Crippen LogP contribution is -2.24. The predicted molar refractivity (Wildman–Crippen MR) is 87.9 cm³/mol. The monoisotopic (exact) mass is 314 g/mol. The molecular formula is C14H26N4O2S. The van der Waals surface area contributed by atoms with E-state index in [0.717, 1.165) is 30.9 Å². The summed E-state index contributed by atoms with van der Waals surface area (Å²) in [6, 6.07) is 0. The van der Waals surface area contributed by atoms with Crippen LogP contribution in [0.2, 0.25) is 0 Å². The molecule has 1 heterocycles. The molecule has 1 amide bonds. The number of hydrogen-bond acceptors (Lipinski definition) is 6. The molecule has 0 saturated heterocycles. The smallest absolute Gasteiger partial charge is 0.265 e. The van der Waals surface area contributed by atoms with Crippen LogP contribution < -0.4 is 16.0 Å². The van der Waals surface area contributed by atoms with Crippen LogP contribution in [-0.2, 0) is 0 Å². The highest BCUT2D eigenvalue weighted by molar-refractivity contribution is 7.18. The molecule has 0 aliphatic heterocycles. The lowest BCUT2D eigenvalue weighted by atomic mass is 10.1. The highest BCUT2D eigenvalue weighted by Crippen LogP contribution is 2.27. The predicted octanol–water partition coefficient (Wildman–Crippen LogP) is 1.71. The Morgan fingerprint density at radius 1 is 1.57 bits per heavy atom. The molecule has 0 aliphatic rings. The number of aromatic nitrogens is 1. The normalized spacial score (nSPS) is 12.2. The molecule has 4 N–H and O–H groups in total. The fraction of sp³-hybridized carbons (Fsp3) is 0.714. The number of aliphatic hydroxyl groups excluding tert-OH is 1. The van der Waals surface area contributed by atoms with Crippen LogP contribution in [0.1, 0.15) is 42.8 Å². The minimum absolute atomic E-state index is 0.169. The molecular weight excluding hydrogens is 288 g/mol. The van der Waals surface area contributed by atoms with Crippen LogP contribution in [0.15, 0.2) is 0 Å². The number of anilines is 2. The number of nitrogen functional groups attached to an aromatic ring is 1. The van der Waals surface area contributed by atoms with E-state index < -0.39 is 0 Å². The van der Waals surface area contributed by atoms with Gasteiger partial charge in [0.05, 0.1) is 0 Å². The number of nitrogens with zero attached hydrogens (tertiary/aromatic N) is 2. The summed E-state index contributed by atoms with van der Waals surface area (Å²) < 4.78 is 0. The Bertz CT molecular complexity index is 450. The minimum atomic E-state index is -0.169. The van der Waals surface area contributed by atoms with Gasteiger partial charge in [-0.25, -0.2) is 4.98 Å². The van der Waals surface area contributed by atoms with Crippen molar-refractivity contribution in [2.45, 2.75) is 33.1 Å². The van der Waals surface area contributed by atoms with Gasteiger partial charge in [-0.2, -0.15) is 0 Å². The first kappa shape index (κ1) is 17.7. The molecule has 0 radical (unpaired) electrons. The zero-order valence-corrected chi connectivity index (χ0v) is 13.9. The molecule has 0 aromatic carbocycles. The summed E-state index contributed by atoms with van der Waals surface area (Å²) in [5, 5.41) is 12.6. The largest absolute Gasteiger partial charge is 0.396 e. The van der Waals surface area contributed by atoms with E-state index in [4.69, 9.17) is 10.8 Å². The molecule has 7 heteroatoms. The molecule has 1 atom stereocenters. The van der Waals surface area contributed by atoms with Crippen molar-refractivity contribution in [2.75, 3.05) is 37.4 Å². The van der Waals surface area contributed by atoms with Crippen LogP contribution in [0.25, 0.3) is 0 Å². The Labute approximate surface area is 130 Å². The zero-order chi connectivity index (χ0) is 15.8. The number of rotatable bonds is 9. The third-order valence-corrected chi connectivity index (χ3v) is 4.39. The zero-order valence-electron chi connectivity index (χ0n) is 13.1. The number of nitrogens with two attached hydrogens (primary N) is 1. The van der Waals surface area contributed by atoms with Gasteiger partial charge in [0.15, 0.2) is 5.13 Å². The van der Waals surface area contributed by atoms with Crippen molar-refractivity contribution in [2.24, 2.45) is 5.92 Å². The third kappa shape index (κ3) is 5.51. The van der Waals surface area contributed by atoms with Gasteiger partial charge in [-0.3, -0.25) is 4.79 Å². The molecule has 1 aromatic heterocycles. The summed E-state index contributed by atoms with van der Waals surface area (Å²) in [7, 11) is 1.94. The molecule has 1 aromatic rings. The average molecular weight is 314 g/mol.